The first-order chi connectivity index (χ1) is 11.2. The van der Waals surface area contributed by atoms with Crippen LogP contribution in [0.1, 0.15) is 22.0 Å². The van der Waals surface area contributed by atoms with Gasteiger partial charge in [-0.1, -0.05) is 30.3 Å². The first-order valence-corrected chi connectivity index (χ1v) is 7.48. The lowest BCUT2D eigenvalue weighted by atomic mass is 10.0. The number of hydrogen-bond donors (Lipinski definition) is 1. The van der Waals surface area contributed by atoms with Crippen LogP contribution >= 0.6 is 0 Å². The Hall–Kier alpha value is -2.82. The summed E-state index contributed by atoms with van der Waals surface area (Å²) in [7, 11) is 1.58. The summed E-state index contributed by atoms with van der Waals surface area (Å²) < 4.78 is 5.11. The number of nitrogens with one attached hydrogen (secondary N) is 1. The maximum Gasteiger partial charge on any atom is 0.254 e. The van der Waals surface area contributed by atoms with Gasteiger partial charge in [0.15, 0.2) is 0 Å². The Morgan fingerprint density at radius 2 is 1.83 bits per heavy atom. The number of piperazine rings is 1. The highest BCUT2D eigenvalue weighted by atomic mass is 16.5. The van der Waals surface area contributed by atoms with Gasteiger partial charge in [-0.2, -0.15) is 0 Å². The molecule has 2 amide bonds. The van der Waals surface area contributed by atoms with Gasteiger partial charge in [0.1, 0.15) is 11.8 Å². The van der Waals surface area contributed by atoms with Crippen molar-refractivity contribution in [3.8, 4) is 5.75 Å². The number of amides is 2. The summed E-state index contributed by atoms with van der Waals surface area (Å²) in [5.74, 6) is 0.387. The third-order valence-electron chi connectivity index (χ3n) is 3.93. The Morgan fingerprint density at radius 3 is 2.48 bits per heavy atom. The van der Waals surface area contributed by atoms with Crippen LogP contribution in [0, 0.1) is 0 Å². The van der Waals surface area contributed by atoms with Gasteiger partial charge in [0.25, 0.3) is 5.91 Å². The van der Waals surface area contributed by atoms with Crippen LogP contribution < -0.4 is 10.1 Å². The van der Waals surface area contributed by atoms with Gasteiger partial charge in [-0.3, -0.25) is 9.59 Å². The van der Waals surface area contributed by atoms with E-state index in [1.807, 2.05) is 30.3 Å². The molecule has 1 aliphatic rings. The second-order valence-electron chi connectivity index (χ2n) is 5.33. The summed E-state index contributed by atoms with van der Waals surface area (Å²) in [4.78, 5) is 26.8. The predicted octanol–water partition coefficient (Wildman–Crippen LogP) is 2.01. The number of methoxy groups -OCH3 is 1. The highest BCUT2D eigenvalue weighted by Gasteiger charge is 2.34. The largest absolute Gasteiger partial charge is 0.497 e. The summed E-state index contributed by atoms with van der Waals surface area (Å²) in [5, 5.41) is 2.83. The number of hydrogen-bond acceptors (Lipinski definition) is 3. The third kappa shape index (κ3) is 3.04. The van der Waals surface area contributed by atoms with Gasteiger partial charge in [0.05, 0.1) is 7.11 Å². The molecule has 0 spiro atoms. The monoisotopic (exact) mass is 310 g/mol. The molecule has 1 heterocycles. The second kappa shape index (κ2) is 6.52. The Labute approximate surface area is 134 Å². The van der Waals surface area contributed by atoms with Crippen molar-refractivity contribution in [1.82, 2.24) is 10.2 Å². The molecule has 0 aromatic heterocycles. The third-order valence-corrected chi connectivity index (χ3v) is 3.93. The van der Waals surface area contributed by atoms with Crippen molar-refractivity contribution in [3.05, 3.63) is 65.7 Å². The molecule has 0 bridgehead atoms. The van der Waals surface area contributed by atoms with E-state index in [1.165, 1.54) is 0 Å². The molecule has 1 atom stereocenters. The topological polar surface area (TPSA) is 58.6 Å². The normalized spacial score (nSPS) is 17.5. The van der Waals surface area contributed by atoms with Crippen molar-refractivity contribution in [1.29, 1.82) is 0 Å². The minimum atomic E-state index is -0.598. The van der Waals surface area contributed by atoms with Gasteiger partial charge in [-0.15, -0.1) is 0 Å². The van der Waals surface area contributed by atoms with Crippen molar-refractivity contribution < 1.29 is 14.3 Å². The van der Waals surface area contributed by atoms with Crippen LogP contribution in [0.5, 0.6) is 5.75 Å². The molecule has 5 heteroatoms. The Kier molecular flexibility index (Phi) is 4.28. The lowest BCUT2D eigenvalue weighted by Gasteiger charge is -2.35. The summed E-state index contributed by atoms with van der Waals surface area (Å²) in [6, 6.07) is 15.7. The quantitative estimate of drug-likeness (QED) is 0.943. The molecule has 1 aliphatic heterocycles. The maximum atomic E-state index is 12.8. The average molecular weight is 310 g/mol. The molecule has 118 valence electrons. The highest BCUT2D eigenvalue weighted by Crippen LogP contribution is 2.25. The molecule has 1 N–H and O–H groups in total. The highest BCUT2D eigenvalue weighted by molar-refractivity contribution is 5.98. The van der Waals surface area contributed by atoms with Crippen LogP contribution in [0.25, 0.3) is 0 Å². The first kappa shape index (κ1) is 15.1. The van der Waals surface area contributed by atoms with E-state index in [9.17, 15) is 9.59 Å². The average Bonchev–Trinajstić information content (AvgIpc) is 2.61. The zero-order valence-corrected chi connectivity index (χ0v) is 12.9. The predicted molar refractivity (Wildman–Crippen MR) is 86.2 cm³/mol. The molecule has 1 saturated heterocycles. The number of carbonyl (C=O) groups excluding carboxylic acids is 2. The molecule has 0 radical (unpaired) electrons. The molecule has 2 aromatic carbocycles. The van der Waals surface area contributed by atoms with Crippen LogP contribution in [-0.2, 0) is 4.79 Å². The first-order valence-electron chi connectivity index (χ1n) is 7.48. The summed E-state index contributed by atoms with van der Waals surface area (Å²) in [6.45, 7) is 0.945. The second-order valence-corrected chi connectivity index (χ2v) is 5.33. The maximum absolute atomic E-state index is 12.8. The van der Waals surface area contributed by atoms with E-state index >= 15 is 0 Å². The van der Waals surface area contributed by atoms with Crippen molar-refractivity contribution in [2.45, 2.75) is 6.04 Å². The molecule has 1 fully saturated rings. The molecular weight excluding hydrogens is 292 g/mol. The Balaban J connectivity index is 1.91. The SMILES string of the molecule is COc1ccc(C(=O)N2CCNC(=O)C2c2ccccc2)cc1. The molecule has 2 aromatic rings. The number of ether oxygens (including phenoxy) is 1. The number of carbonyl (C=O) groups is 2. The van der Waals surface area contributed by atoms with E-state index in [0.29, 0.717) is 24.4 Å². The smallest absolute Gasteiger partial charge is 0.254 e. The molecule has 1 unspecified atom stereocenters. The van der Waals surface area contributed by atoms with Crippen LogP contribution in [0.4, 0.5) is 0 Å². The molecule has 5 nitrogen and oxygen atoms in total. The molecule has 0 aliphatic carbocycles. The van der Waals surface area contributed by atoms with Crippen LogP contribution in [0.2, 0.25) is 0 Å². The van der Waals surface area contributed by atoms with Gasteiger partial charge in [-0.25, -0.2) is 0 Å². The zero-order valence-electron chi connectivity index (χ0n) is 12.9. The summed E-state index contributed by atoms with van der Waals surface area (Å²) >= 11 is 0. The lowest BCUT2D eigenvalue weighted by molar-refractivity contribution is -0.128. The Bertz CT molecular complexity index is 698. The van der Waals surface area contributed by atoms with Crippen LogP contribution in [-0.4, -0.2) is 36.9 Å². The lowest BCUT2D eigenvalue weighted by Crippen LogP contribution is -2.52. The van der Waals surface area contributed by atoms with Gasteiger partial charge < -0.3 is 15.0 Å². The van der Waals surface area contributed by atoms with Gasteiger partial charge in [0.2, 0.25) is 5.91 Å². The summed E-state index contributed by atoms with van der Waals surface area (Å²) in [6.07, 6.45) is 0. The van der Waals surface area contributed by atoms with Gasteiger partial charge in [0, 0.05) is 18.7 Å². The van der Waals surface area contributed by atoms with E-state index in [0.717, 1.165) is 5.56 Å². The number of rotatable bonds is 3. The van der Waals surface area contributed by atoms with E-state index < -0.39 is 6.04 Å². The Morgan fingerprint density at radius 1 is 1.13 bits per heavy atom. The van der Waals surface area contributed by atoms with E-state index in [-0.39, 0.29) is 11.8 Å². The van der Waals surface area contributed by atoms with Crippen LogP contribution in [0.3, 0.4) is 0 Å². The molecular formula is C18H18N2O3. The fourth-order valence-electron chi connectivity index (χ4n) is 2.75. The van der Waals surface area contributed by atoms with Crippen molar-refractivity contribution in [2.24, 2.45) is 0 Å². The van der Waals surface area contributed by atoms with Crippen LogP contribution in [0.15, 0.2) is 54.6 Å². The minimum Gasteiger partial charge on any atom is -0.497 e. The van der Waals surface area contributed by atoms with E-state index in [1.54, 1.807) is 36.3 Å². The number of nitrogens with zero attached hydrogens (tertiary/aromatic N) is 1. The van der Waals surface area contributed by atoms with Crippen molar-refractivity contribution >= 4 is 11.8 Å². The fraction of sp³-hybridized carbons (Fsp3) is 0.222. The number of benzene rings is 2. The van der Waals surface area contributed by atoms with Gasteiger partial charge >= 0.3 is 0 Å². The van der Waals surface area contributed by atoms with Crippen molar-refractivity contribution in [2.75, 3.05) is 20.2 Å². The van der Waals surface area contributed by atoms with Crippen molar-refractivity contribution in [3.63, 3.8) is 0 Å². The van der Waals surface area contributed by atoms with E-state index in [2.05, 4.69) is 5.32 Å². The summed E-state index contributed by atoms with van der Waals surface area (Å²) in [5.41, 5.74) is 1.35. The molecule has 0 saturated carbocycles. The molecule has 23 heavy (non-hydrogen) atoms. The zero-order chi connectivity index (χ0) is 16.2. The van der Waals surface area contributed by atoms with E-state index in [4.69, 9.17) is 4.74 Å². The van der Waals surface area contributed by atoms with Gasteiger partial charge in [-0.05, 0) is 29.8 Å². The molecule has 3 rings (SSSR count). The fourth-order valence-corrected chi connectivity index (χ4v) is 2.75. The minimum absolute atomic E-state index is 0.149. The standard InChI is InChI=1S/C18H18N2O3/c1-23-15-9-7-14(8-10-15)18(22)20-12-11-19-17(21)16(20)13-5-3-2-4-6-13/h2-10,16H,11-12H2,1H3,(H,19,21).